The van der Waals surface area contributed by atoms with Gasteiger partial charge in [-0.15, -0.1) is 0 Å². The standard InChI is InChI=1S/C22H27F6NO3/c1-13(14-9-15(21(23,24)25)11-16(10-14)22(26,27)28)31-12-19(4)5-7-20(8-6-19)18(2,3)32-17(30)29-20/h9-11,13H,5-8,12H2,1-4H3,(H,29,30). The molecular weight excluding hydrogens is 440 g/mol. The van der Waals surface area contributed by atoms with E-state index in [-0.39, 0.29) is 23.7 Å². The minimum atomic E-state index is -4.90. The molecular formula is C22H27F6NO3. The van der Waals surface area contributed by atoms with Gasteiger partial charge >= 0.3 is 18.4 Å². The van der Waals surface area contributed by atoms with Crippen molar-refractivity contribution in [2.75, 3.05) is 6.61 Å². The zero-order valence-corrected chi connectivity index (χ0v) is 18.3. The Kier molecular flexibility index (Phi) is 6.02. The van der Waals surface area contributed by atoms with Gasteiger partial charge in [-0.25, -0.2) is 4.79 Å². The highest BCUT2D eigenvalue weighted by atomic mass is 19.4. The van der Waals surface area contributed by atoms with Crippen LogP contribution < -0.4 is 5.32 Å². The fourth-order valence-corrected chi connectivity index (χ4v) is 4.49. The molecule has 0 aromatic heterocycles. The molecule has 1 spiro atoms. The summed E-state index contributed by atoms with van der Waals surface area (Å²) < 4.78 is 89.9. The Balaban J connectivity index is 1.71. The van der Waals surface area contributed by atoms with E-state index >= 15 is 0 Å². The van der Waals surface area contributed by atoms with Crippen LogP contribution in [-0.2, 0) is 21.8 Å². The van der Waals surface area contributed by atoms with Gasteiger partial charge in [0.25, 0.3) is 0 Å². The first kappa shape index (κ1) is 24.7. The number of hydrogen-bond acceptors (Lipinski definition) is 3. The second kappa shape index (κ2) is 7.81. The smallest absolute Gasteiger partial charge is 0.416 e. The van der Waals surface area contributed by atoms with Crippen LogP contribution >= 0.6 is 0 Å². The molecule has 0 radical (unpaired) electrons. The first-order valence-electron chi connectivity index (χ1n) is 10.4. The van der Waals surface area contributed by atoms with Gasteiger partial charge in [-0.05, 0) is 75.6 Å². The van der Waals surface area contributed by atoms with Crippen molar-refractivity contribution in [3.8, 4) is 0 Å². The molecule has 1 heterocycles. The number of cyclic esters (lactones) is 1. The summed E-state index contributed by atoms with van der Waals surface area (Å²) in [5.41, 5.74) is -4.41. The third-order valence-electron chi connectivity index (χ3n) is 6.91. The summed E-state index contributed by atoms with van der Waals surface area (Å²) in [5, 5.41) is 2.91. The van der Waals surface area contributed by atoms with Crippen molar-refractivity contribution in [1.29, 1.82) is 0 Å². The van der Waals surface area contributed by atoms with E-state index in [1.54, 1.807) is 0 Å². The van der Waals surface area contributed by atoms with Crippen LogP contribution in [0.5, 0.6) is 0 Å². The second-order valence-electron chi connectivity index (χ2n) is 9.71. The number of rotatable bonds is 4. The van der Waals surface area contributed by atoms with Crippen LogP contribution in [0.1, 0.15) is 76.2 Å². The molecule has 1 unspecified atom stereocenters. The summed E-state index contributed by atoms with van der Waals surface area (Å²) in [6.45, 7) is 7.26. The highest BCUT2D eigenvalue weighted by molar-refractivity contribution is 5.72. The van der Waals surface area contributed by atoms with Gasteiger partial charge in [-0.3, -0.25) is 0 Å². The average Bonchev–Trinajstić information content (AvgIpc) is 2.88. The molecule has 1 aliphatic heterocycles. The van der Waals surface area contributed by atoms with Gasteiger partial charge in [-0.1, -0.05) is 6.92 Å². The Morgan fingerprint density at radius 1 is 0.969 bits per heavy atom. The Bertz CT molecular complexity index is 837. The van der Waals surface area contributed by atoms with Crippen molar-refractivity contribution >= 4 is 6.09 Å². The number of amides is 1. The van der Waals surface area contributed by atoms with E-state index in [2.05, 4.69) is 5.32 Å². The molecule has 2 aliphatic rings. The van der Waals surface area contributed by atoms with Crippen LogP contribution in [0.25, 0.3) is 0 Å². The summed E-state index contributed by atoms with van der Waals surface area (Å²) in [6.07, 6.45) is -8.67. The topological polar surface area (TPSA) is 47.6 Å². The Morgan fingerprint density at radius 3 is 1.88 bits per heavy atom. The molecule has 1 atom stereocenters. The molecule has 4 nitrogen and oxygen atoms in total. The van der Waals surface area contributed by atoms with Crippen molar-refractivity contribution in [3.63, 3.8) is 0 Å². The normalized spacial score (nSPS) is 29.0. The fraction of sp³-hybridized carbons (Fsp3) is 0.682. The molecule has 0 bridgehead atoms. The largest absolute Gasteiger partial charge is 0.441 e. The second-order valence-corrected chi connectivity index (χ2v) is 9.71. The first-order chi connectivity index (χ1) is 14.5. The van der Waals surface area contributed by atoms with Gasteiger partial charge in [0.1, 0.15) is 5.60 Å². The van der Waals surface area contributed by atoms with Gasteiger partial charge in [0.2, 0.25) is 0 Å². The molecule has 2 fully saturated rings. The molecule has 180 valence electrons. The molecule has 32 heavy (non-hydrogen) atoms. The summed E-state index contributed by atoms with van der Waals surface area (Å²) in [4.78, 5) is 11.7. The molecule has 1 amide bonds. The van der Waals surface area contributed by atoms with E-state index in [1.165, 1.54) is 6.92 Å². The van der Waals surface area contributed by atoms with Crippen LogP contribution in [0.15, 0.2) is 18.2 Å². The number of benzene rings is 1. The molecule has 1 aliphatic carbocycles. The minimum absolute atomic E-state index is 0.109. The number of alkyl halides is 6. The number of halogens is 6. The van der Waals surface area contributed by atoms with E-state index in [1.807, 2.05) is 20.8 Å². The third-order valence-corrected chi connectivity index (χ3v) is 6.91. The van der Waals surface area contributed by atoms with E-state index in [0.717, 1.165) is 0 Å². The maximum Gasteiger partial charge on any atom is 0.416 e. The lowest BCUT2D eigenvalue weighted by Crippen LogP contribution is -2.57. The zero-order valence-electron chi connectivity index (χ0n) is 18.3. The Hall–Kier alpha value is -1.97. The number of carbonyl (C=O) groups is 1. The molecule has 1 saturated carbocycles. The van der Waals surface area contributed by atoms with Gasteiger partial charge in [-0.2, -0.15) is 26.3 Å². The average molecular weight is 467 g/mol. The number of alkyl carbamates (subject to hydrolysis) is 1. The molecule has 1 aromatic carbocycles. The van der Waals surface area contributed by atoms with Crippen molar-refractivity contribution in [3.05, 3.63) is 34.9 Å². The molecule has 3 rings (SSSR count). The molecule has 1 N–H and O–H groups in total. The fourth-order valence-electron chi connectivity index (χ4n) is 4.49. The molecule has 1 saturated heterocycles. The Labute approximate surface area is 182 Å². The van der Waals surface area contributed by atoms with Gasteiger partial charge in [0, 0.05) is 0 Å². The van der Waals surface area contributed by atoms with Crippen molar-refractivity contribution in [1.82, 2.24) is 5.32 Å². The zero-order chi connectivity index (χ0) is 24.2. The van der Waals surface area contributed by atoms with Crippen molar-refractivity contribution in [2.24, 2.45) is 5.41 Å². The van der Waals surface area contributed by atoms with Gasteiger partial charge < -0.3 is 14.8 Å². The van der Waals surface area contributed by atoms with Crippen LogP contribution in [0, 0.1) is 5.41 Å². The monoisotopic (exact) mass is 467 g/mol. The highest BCUT2D eigenvalue weighted by Crippen LogP contribution is 2.49. The van der Waals surface area contributed by atoms with Crippen LogP contribution in [-0.4, -0.2) is 23.8 Å². The number of carbonyl (C=O) groups excluding carboxylic acids is 1. The van der Waals surface area contributed by atoms with Gasteiger partial charge in [0.15, 0.2) is 0 Å². The number of nitrogens with one attached hydrogen (secondary N) is 1. The van der Waals surface area contributed by atoms with E-state index in [0.29, 0.717) is 37.8 Å². The summed E-state index contributed by atoms with van der Waals surface area (Å²) >= 11 is 0. The molecule has 1 aromatic rings. The number of ether oxygens (including phenoxy) is 2. The van der Waals surface area contributed by atoms with Crippen molar-refractivity contribution in [2.45, 2.75) is 83.0 Å². The lowest BCUT2D eigenvalue weighted by molar-refractivity contribution is -0.143. The highest BCUT2D eigenvalue weighted by Gasteiger charge is 2.57. The SMILES string of the molecule is CC(OCC1(C)CCC2(CC1)NC(=O)OC2(C)C)c1cc(C(F)(F)F)cc(C(F)(F)F)c1. The molecule has 10 heteroatoms. The van der Waals surface area contributed by atoms with E-state index < -0.39 is 46.8 Å². The van der Waals surface area contributed by atoms with Crippen LogP contribution in [0.2, 0.25) is 0 Å². The van der Waals surface area contributed by atoms with Crippen molar-refractivity contribution < 1.29 is 40.6 Å². The summed E-state index contributed by atoms with van der Waals surface area (Å²) in [6, 6.07) is 1.51. The Morgan fingerprint density at radius 2 is 1.47 bits per heavy atom. The van der Waals surface area contributed by atoms with Crippen LogP contribution in [0.3, 0.4) is 0 Å². The lowest BCUT2D eigenvalue weighted by Gasteiger charge is -2.47. The third kappa shape index (κ3) is 4.84. The lowest BCUT2D eigenvalue weighted by atomic mass is 9.64. The van der Waals surface area contributed by atoms with Gasteiger partial charge in [0.05, 0.1) is 29.4 Å². The summed E-state index contributed by atoms with van der Waals surface area (Å²) in [7, 11) is 0. The minimum Gasteiger partial charge on any atom is -0.441 e. The summed E-state index contributed by atoms with van der Waals surface area (Å²) in [5.74, 6) is 0. The predicted octanol–water partition coefficient (Wildman–Crippen LogP) is 6.64. The van der Waals surface area contributed by atoms with E-state index in [9.17, 15) is 31.1 Å². The maximum atomic E-state index is 13.1. The maximum absolute atomic E-state index is 13.1. The van der Waals surface area contributed by atoms with Crippen LogP contribution in [0.4, 0.5) is 31.1 Å². The first-order valence-corrected chi connectivity index (χ1v) is 10.4. The predicted molar refractivity (Wildman–Crippen MR) is 104 cm³/mol. The van der Waals surface area contributed by atoms with E-state index in [4.69, 9.17) is 9.47 Å². The number of hydrogen-bond donors (Lipinski definition) is 1. The quantitative estimate of drug-likeness (QED) is 0.505.